The van der Waals surface area contributed by atoms with Crippen molar-refractivity contribution < 1.29 is 42.9 Å². The van der Waals surface area contributed by atoms with Crippen LogP contribution < -0.4 is 0 Å². The van der Waals surface area contributed by atoms with E-state index in [4.69, 9.17) is 23.7 Å². The molecule has 0 aromatic rings. The molecule has 2 rings (SSSR count). The average molecular weight is 443 g/mol. The zero-order valence-corrected chi connectivity index (χ0v) is 18.3. The lowest BCUT2D eigenvalue weighted by Crippen LogP contribution is -2.37. The van der Waals surface area contributed by atoms with Gasteiger partial charge < -0.3 is 23.7 Å². The Hall–Kier alpha value is -2.00. The van der Waals surface area contributed by atoms with Crippen molar-refractivity contribution in [1.82, 2.24) is 0 Å². The molecule has 31 heavy (non-hydrogen) atoms. The Kier molecular flexibility index (Phi) is 11.5. The van der Waals surface area contributed by atoms with Crippen molar-refractivity contribution in [3.05, 3.63) is 0 Å². The molecule has 0 saturated carbocycles. The minimum absolute atomic E-state index is 0.00192. The number of carbonyl (C=O) groups excluding carboxylic acids is 4. The molecule has 0 bridgehead atoms. The van der Waals surface area contributed by atoms with Gasteiger partial charge in [-0.1, -0.05) is 64.7 Å². The van der Waals surface area contributed by atoms with E-state index < -0.39 is 42.3 Å². The minimum atomic E-state index is -1.10. The number of hydrogen-bond acceptors (Lipinski definition) is 9. The zero-order chi connectivity index (χ0) is 22.5. The first-order chi connectivity index (χ1) is 15.1. The summed E-state index contributed by atoms with van der Waals surface area (Å²) in [7, 11) is 0. The molecule has 9 heteroatoms. The van der Waals surface area contributed by atoms with Gasteiger partial charge in [-0.15, -0.1) is 0 Å². The van der Waals surface area contributed by atoms with Crippen LogP contribution in [0.5, 0.6) is 0 Å². The van der Waals surface area contributed by atoms with Crippen LogP contribution in [0.1, 0.15) is 71.1 Å². The van der Waals surface area contributed by atoms with E-state index in [9.17, 15) is 19.2 Å². The summed E-state index contributed by atoms with van der Waals surface area (Å²) in [5.74, 6) is -3.16. The molecule has 2 aliphatic heterocycles. The standard InChI is InChI=1S/C22H34O9/c1-2-3-4-5-6-7-8-9-10-11-12-27-21(25)22(26)31-17-15-29-19-16(14-28-20(17)19)30-18(24)13-23/h13,16-17,19-20H,2-12,14-15H2,1H3/t16-,17+,19?,20?/m1/s1. The molecule has 2 aliphatic rings. The summed E-state index contributed by atoms with van der Waals surface area (Å²) in [6, 6.07) is 0. The normalized spacial score (nSPS) is 24.4. The molecule has 2 saturated heterocycles. The Balaban J connectivity index is 1.53. The highest BCUT2D eigenvalue weighted by molar-refractivity contribution is 6.29. The van der Waals surface area contributed by atoms with Crippen molar-refractivity contribution >= 4 is 24.2 Å². The Morgan fingerprint density at radius 1 is 0.774 bits per heavy atom. The lowest BCUT2D eigenvalue weighted by molar-refractivity contribution is -0.173. The SMILES string of the molecule is CCCCCCCCCCCCOC(=O)C(=O)O[C@H]1COC2C1OC[C@H]2OC(=O)C=O. The Bertz CT molecular complexity index is 592. The molecule has 0 spiro atoms. The van der Waals surface area contributed by atoms with E-state index in [0.29, 0.717) is 6.42 Å². The minimum Gasteiger partial charge on any atom is -0.457 e. The van der Waals surface area contributed by atoms with E-state index in [-0.39, 0.29) is 26.1 Å². The van der Waals surface area contributed by atoms with Crippen molar-refractivity contribution in [3.63, 3.8) is 0 Å². The second kappa shape index (κ2) is 14.1. The Morgan fingerprint density at radius 2 is 1.29 bits per heavy atom. The summed E-state index contributed by atoms with van der Waals surface area (Å²) in [5.41, 5.74) is 0. The fourth-order valence-corrected chi connectivity index (χ4v) is 3.81. The smallest absolute Gasteiger partial charge is 0.417 e. The molecule has 176 valence electrons. The van der Waals surface area contributed by atoms with Crippen LogP contribution in [-0.2, 0) is 42.9 Å². The van der Waals surface area contributed by atoms with Crippen LogP contribution in [0.2, 0.25) is 0 Å². The second-order valence-corrected chi connectivity index (χ2v) is 7.95. The van der Waals surface area contributed by atoms with Gasteiger partial charge in [0.15, 0.2) is 12.2 Å². The quantitative estimate of drug-likeness (QED) is 0.131. The van der Waals surface area contributed by atoms with Gasteiger partial charge in [-0.2, -0.15) is 0 Å². The molecule has 0 N–H and O–H groups in total. The lowest BCUT2D eigenvalue weighted by atomic mass is 10.1. The van der Waals surface area contributed by atoms with Gasteiger partial charge in [0.1, 0.15) is 12.2 Å². The van der Waals surface area contributed by atoms with Gasteiger partial charge in [0.05, 0.1) is 19.8 Å². The van der Waals surface area contributed by atoms with Crippen LogP contribution in [0.3, 0.4) is 0 Å². The van der Waals surface area contributed by atoms with Gasteiger partial charge in [-0.25, -0.2) is 14.4 Å². The highest BCUT2D eigenvalue weighted by Gasteiger charge is 2.51. The predicted octanol–water partition coefficient (Wildman–Crippen LogP) is 2.27. The average Bonchev–Trinajstić information content (AvgIpc) is 3.35. The van der Waals surface area contributed by atoms with E-state index in [1.54, 1.807) is 0 Å². The maximum absolute atomic E-state index is 12.0. The summed E-state index contributed by atoms with van der Waals surface area (Å²) in [6.45, 7) is 2.41. The molecule has 0 radical (unpaired) electrons. The number of fused-ring (bicyclic) bond motifs is 1. The van der Waals surface area contributed by atoms with Crippen molar-refractivity contribution in [1.29, 1.82) is 0 Å². The second-order valence-electron chi connectivity index (χ2n) is 7.95. The molecule has 9 nitrogen and oxygen atoms in total. The number of carbonyl (C=O) groups is 4. The molecule has 2 fully saturated rings. The first kappa shape index (κ1) is 25.3. The number of rotatable bonds is 14. The molecule has 4 atom stereocenters. The van der Waals surface area contributed by atoms with E-state index in [1.165, 1.54) is 44.9 Å². The van der Waals surface area contributed by atoms with Crippen LogP contribution in [0.4, 0.5) is 0 Å². The molecule has 0 aromatic heterocycles. The topological polar surface area (TPSA) is 114 Å². The van der Waals surface area contributed by atoms with Gasteiger partial charge in [-0.3, -0.25) is 4.79 Å². The zero-order valence-electron chi connectivity index (χ0n) is 18.3. The molecule has 0 aromatic carbocycles. The summed E-state index contributed by atoms with van der Waals surface area (Å²) in [4.78, 5) is 45.3. The summed E-state index contributed by atoms with van der Waals surface area (Å²) < 4.78 is 25.9. The third-order valence-electron chi connectivity index (χ3n) is 5.48. The monoisotopic (exact) mass is 442 g/mol. The maximum atomic E-state index is 12.0. The van der Waals surface area contributed by atoms with E-state index in [2.05, 4.69) is 6.92 Å². The van der Waals surface area contributed by atoms with E-state index in [1.807, 2.05) is 0 Å². The summed E-state index contributed by atoms with van der Waals surface area (Å²) in [6.07, 6.45) is 8.81. The van der Waals surface area contributed by atoms with E-state index in [0.717, 1.165) is 12.8 Å². The van der Waals surface area contributed by atoms with Crippen LogP contribution >= 0.6 is 0 Å². The molecule has 0 aliphatic carbocycles. The van der Waals surface area contributed by atoms with Gasteiger partial charge in [0, 0.05) is 0 Å². The van der Waals surface area contributed by atoms with Crippen LogP contribution in [0.25, 0.3) is 0 Å². The predicted molar refractivity (Wildman–Crippen MR) is 108 cm³/mol. The molecular weight excluding hydrogens is 408 g/mol. The van der Waals surface area contributed by atoms with Crippen molar-refractivity contribution in [3.8, 4) is 0 Å². The molecule has 2 heterocycles. The van der Waals surface area contributed by atoms with E-state index >= 15 is 0 Å². The van der Waals surface area contributed by atoms with Crippen LogP contribution in [-0.4, -0.2) is 68.4 Å². The largest absolute Gasteiger partial charge is 0.457 e. The summed E-state index contributed by atoms with van der Waals surface area (Å²) in [5, 5.41) is 0. The van der Waals surface area contributed by atoms with Crippen LogP contribution in [0, 0.1) is 0 Å². The first-order valence-corrected chi connectivity index (χ1v) is 11.3. The highest BCUT2D eigenvalue weighted by atomic mass is 16.7. The van der Waals surface area contributed by atoms with Gasteiger partial charge in [0.25, 0.3) is 0 Å². The number of unbranched alkanes of at least 4 members (excludes halogenated alkanes) is 9. The number of aldehydes is 1. The van der Waals surface area contributed by atoms with Gasteiger partial charge in [-0.05, 0) is 6.42 Å². The third-order valence-corrected chi connectivity index (χ3v) is 5.48. The van der Waals surface area contributed by atoms with Crippen molar-refractivity contribution in [2.24, 2.45) is 0 Å². The van der Waals surface area contributed by atoms with Gasteiger partial charge in [0.2, 0.25) is 6.29 Å². The Labute approximate surface area is 183 Å². The highest BCUT2D eigenvalue weighted by Crippen LogP contribution is 2.30. The molecule has 2 unspecified atom stereocenters. The molecule has 0 amide bonds. The van der Waals surface area contributed by atoms with Crippen LogP contribution in [0.15, 0.2) is 0 Å². The van der Waals surface area contributed by atoms with Crippen molar-refractivity contribution in [2.45, 2.75) is 95.5 Å². The molecular formula is C22H34O9. The fourth-order valence-electron chi connectivity index (χ4n) is 3.81. The number of ether oxygens (including phenoxy) is 5. The van der Waals surface area contributed by atoms with Gasteiger partial charge >= 0.3 is 17.9 Å². The first-order valence-electron chi connectivity index (χ1n) is 11.3. The fraction of sp³-hybridized carbons (Fsp3) is 0.818. The lowest BCUT2D eigenvalue weighted by Gasteiger charge is -2.16. The van der Waals surface area contributed by atoms with Crippen molar-refractivity contribution in [2.75, 3.05) is 19.8 Å². The maximum Gasteiger partial charge on any atom is 0.417 e. The third kappa shape index (κ3) is 8.57. The number of hydrogen-bond donors (Lipinski definition) is 0. The number of esters is 3. The Morgan fingerprint density at radius 3 is 1.84 bits per heavy atom. The summed E-state index contributed by atoms with van der Waals surface area (Å²) >= 11 is 0.